The second kappa shape index (κ2) is 10.1. The molecule has 198 valence electrons. The van der Waals surface area contributed by atoms with E-state index >= 15 is 13.2 Å². The molecule has 0 radical (unpaired) electrons. The van der Waals surface area contributed by atoms with E-state index in [0.29, 0.717) is 17.2 Å². The van der Waals surface area contributed by atoms with E-state index in [1.165, 1.54) is 42.5 Å². The lowest BCUT2D eigenvalue weighted by Crippen LogP contribution is -2.58. The Balaban J connectivity index is 2.01. The van der Waals surface area contributed by atoms with Gasteiger partial charge in [-0.1, -0.05) is 24.3 Å². The van der Waals surface area contributed by atoms with Crippen LogP contribution in [0, 0.1) is 0 Å². The van der Waals surface area contributed by atoms with Crippen molar-refractivity contribution in [3.05, 3.63) is 83.4 Å². The zero-order chi connectivity index (χ0) is 27.0. The standard InChI is InChI=1S/C27H28ClF3O5Si/c1-37(2,3)36-26(27(29,30)31)22-13-10-20(33)16-23(22)35-25(24(26)17-4-8-19(32)9-5-17)18-6-11-21(12-7-18)34-15-14-28/h4-13,16,24-25,32-33H,14-15H2,1-3H3. The summed E-state index contributed by atoms with van der Waals surface area (Å²) >= 11 is 5.69. The molecule has 4 rings (SSSR count). The van der Waals surface area contributed by atoms with Crippen molar-refractivity contribution in [1.82, 2.24) is 0 Å². The van der Waals surface area contributed by atoms with Crippen molar-refractivity contribution >= 4 is 19.9 Å². The molecule has 0 aromatic heterocycles. The van der Waals surface area contributed by atoms with Crippen molar-refractivity contribution in [3.63, 3.8) is 0 Å². The molecule has 2 N–H and O–H groups in total. The molecule has 3 unspecified atom stereocenters. The summed E-state index contributed by atoms with van der Waals surface area (Å²) in [4.78, 5) is 0. The fourth-order valence-electron chi connectivity index (χ4n) is 4.75. The lowest BCUT2D eigenvalue weighted by Gasteiger charge is -2.51. The van der Waals surface area contributed by atoms with Gasteiger partial charge in [0.1, 0.15) is 35.7 Å². The van der Waals surface area contributed by atoms with Gasteiger partial charge in [-0.05, 0) is 67.2 Å². The number of halogens is 4. The lowest BCUT2D eigenvalue weighted by molar-refractivity contribution is -0.280. The van der Waals surface area contributed by atoms with Crippen molar-refractivity contribution in [1.29, 1.82) is 0 Å². The van der Waals surface area contributed by atoms with Gasteiger partial charge in [0.25, 0.3) is 0 Å². The molecule has 0 fully saturated rings. The molecule has 0 aliphatic carbocycles. The van der Waals surface area contributed by atoms with Crippen molar-refractivity contribution in [3.8, 4) is 23.0 Å². The summed E-state index contributed by atoms with van der Waals surface area (Å²) in [7, 11) is -2.87. The highest BCUT2D eigenvalue weighted by Gasteiger charge is 2.68. The van der Waals surface area contributed by atoms with Crippen LogP contribution in [-0.4, -0.2) is 37.2 Å². The minimum absolute atomic E-state index is 0.0770. The molecule has 3 aromatic carbocycles. The van der Waals surface area contributed by atoms with Gasteiger partial charge in [-0.15, -0.1) is 11.6 Å². The zero-order valence-corrected chi connectivity index (χ0v) is 22.3. The molecular formula is C27H28ClF3O5Si. The van der Waals surface area contributed by atoms with E-state index in [-0.39, 0.29) is 35.0 Å². The smallest absolute Gasteiger partial charge is 0.421 e. The number of hydrogen-bond acceptors (Lipinski definition) is 5. The maximum Gasteiger partial charge on any atom is 0.421 e. The van der Waals surface area contributed by atoms with Gasteiger partial charge in [0.05, 0.1) is 11.8 Å². The van der Waals surface area contributed by atoms with E-state index in [2.05, 4.69) is 0 Å². The molecule has 0 saturated carbocycles. The fourth-order valence-corrected chi connectivity index (χ4v) is 6.15. The number of fused-ring (bicyclic) bond motifs is 1. The molecule has 37 heavy (non-hydrogen) atoms. The second-order valence-electron chi connectivity index (χ2n) is 9.84. The number of ether oxygens (including phenoxy) is 2. The molecule has 1 aliphatic heterocycles. The molecule has 5 nitrogen and oxygen atoms in total. The Bertz CT molecular complexity index is 1230. The summed E-state index contributed by atoms with van der Waals surface area (Å²) in [5.74, 6) is -0.996. The fraction of sp³-hybridized carbons (Fsp3) is 0.333. The Hall–Kier alpha value is -2.88. The first-order valence-electron chi connectivity index (χ1n) is 11.7. The van der Waals surface area contributed by atoms with Crippen LogP contribution >= 0.6 is 11.6 Å². The van der Waals surface area contributed by atoms with Crippen molar-refractivity contribution < 1.29 is 37.3 Å². The predicted octanol–water partition coefficient (Wildman–Crippen LogP) is 7.24. The molecule has 3 aromatic rings. The first kappa shape index (κ1) is 27.2. The third-order valence-corrected chi connectivity index (χ3v) is 7.14. The SMILES string of the molecule is C[Si](C)(C)OC1(C(F)(F)F)c2ccc(O)cc2OC(c2ccc(OCCCl)cc2)C1c1ccc(O)cc1. The number of alkyl halides is 4. The van der Waals surface area contributed by atoms with Crippen LogP contribution in [0.25, 0.3) is 0 Å². The molecule has 0 bridgehead atoms. The summed E-state index contributed by atoms with van der Waals surface area (Å²) in [5.41, 5.74) is -2.27. The van der Waals surface area contributed by atoms with Crippen molar-refractivity contribution in [2.45, 2.75) is 43.4 Å². The maximum atomic E-state index is 15.5. The van der Waals surface area contributed by atoms with Crippen LogP contribution in [0.2, 0.25) is 19.6 Å². The molecule has 3 atom stereocenters. The van der Waals surface area contributed by atoms with Crippen LogP contribution in [0.1, 0.15) is 28.7 Å². The Labute approximate surface area is 219 Å². The topological polar surface area (TPSA) is 68.2 Å². The molecular weight excluding hydrogens is 525 g/mol. The number of benzene rings is 3. The van der Waals surface area contributed by atoms with Crippen molar-refractivity contribution in [2.24, 2.45) is 0 Å². The van der Waals surface area contributed by atoms with E-state index in [4.69, 9.17) is 25.5 Å². The van der Waals surface area contributed by atoms with E-state index in [1.54, 1.807) is 43.9 Å². The summed E-state index contributed by atoms with van der Waals surface area (Å²) in [5, 5.41) is 20.0. The first-order chi connectivity index (χ1) is 17.4. The van der Waals surface area contributed by atoms with Crippen LogP contribution < -0.4 is 9.47 Å². The van der Waals surface area contributed by atoms with E-state index < -0.39 is 32.1 Å². The highest BCUT2D eigenvalue weighted by molar-refractivity contribution is 6.69. The third kappa shape index (κ3) is 5.39. The summed E-state index contributed by atoms with van der Waals surface area (Å²) in [6.45, 7) is 5.37. The van der Waals surface area contributed by atoms with Crippen LogP contribution in [-0.2, 0) is 10.0 Å². The molecule has 0 spiro atoms. The Kier molecular flexibility index (Phi) is 7.42. The van der Waals surface area contributed by atoms with Crippen LogP contribution in [0.3, 0.4) is 0 Å². The van der Waals surface area contributed by atoms with Crippen molar-refractivity contribution in [2.75, 3.05) is 12.5 Å². The van der Waals surface area contributed by atoms with Crippen LogP contribution in [0.4, 0.5) is 13.2 Å². The summed E-state index contributed by atoms with van der Waals surface area (Å²) in [6, 6.07) is 15.8. The summed E-state index contributed by atoms with van der Waals surface area (Å²) < 4.78 is 64.5. The van der Waals surface area contributed by atoms with Gasteiger partial charge in [0, 0.05) is 11.6 Å². The van der Waals surface area contributed by atoms with E-state index in [9.17, 15) is 10.2 Å². The molecule has 0 saturated heterocycles. The molecule has 1 heterocycles. The normalized spacial score (nSPS) is 21.7. The Morgan fingerprint density at radius 2 is 1.51 bits per heavy atom. The highest BCUT2D eigenvalue weighted by atomic mass is 35.5. The molecule has 1 aliphatic rings. The van der Waals surface area contributed by atoms with Gasteiger partial charge in [0.2, 0.25) is 0 Å². The van der Waals surface area contributed by atoms with Gasteiger partial charge in [-0.2, -0.15) is 13.2 Å². The van der Waals surface area contributed by atoms with Gasteiger partial charge in [0.15, 0.2) is 13.9 Å². The van der Waals surface area contributed by atoms with E-state index in [1.807, 2.05) is 0 Å². The lowest BCUT2D eigenvalue weighted by atomic mass is 9.70. The van der Waals surface area contributed by atoms with Crippen LogP contribution in [0.5, 0.6) is 23.0 Å². The monoisotopic (exact) mass is 552 g/mol. The number of phenolic OH excluding ortho intramolecular Hbond substituents is 2. The van der Waals surface area contributed by atoms with E-state index in [0.717, 1.165) is 0 Å². The Morgan fingerprint density at radius 1 is 0.919 bits per heavy atom. The molecule has 10 heteroatoms. The zero-order valence-electron chi connectivity index (χ0n) is 20.6. The second-order valence-corrected chi connectivity index (χ2v) is 14.6. The van der Waals surface area contributed by atoms with Gasteiger partial charge in [-0.3, -0.25) is 0 Å². The molecule has 0 amide bonds. The summed E-state index contributed by atoms with van der Waals surface area (Å²) in [6.07, 6.45) is -6.02. The van der Waals surface area contributed by atoms with Gasteiger partial charge < -0.3 is 24.1 Å². The predicted molar refractivity (Wildman–Crippen MR) is 137 cm³/mol. The number of hydrogen-bond donors (Lipinski definition) is 2. The highest BCUT2D eigenvalue weighted by Crippen LogP contribution is 2.62. The largest absolute Gasteiger partial charge is 0.508 e. The maximum absolute atomic E-state index is 15.5. The third-order valence-electron chi connectivity index (χ3n) is 6.05. The average Bonchev–Trinajstić information content (AvgIpc) is 2.81. The average molecular weight is 553 g/mol. The Morgan fingerprint density at radius 3 is 2.08 bits per heavy atom. The minimum Gasteiger partial charge on any atom is -0.508 e. The first-order valence-corrected chi connectivity index (χ1v) is 15.6. The van der Waals surface area contributed by atoms with Crippen LogP contribution in [0.15, 0.2) is 66.7 Å². The minimum atomic E-state index is -4.87. The number of rotatable bonds is 7. The van der Waals surface area contributed by atoms with Gasteiger partial charge >= 0.3 is 6.18 Å². The number of aromatic hydroxyl groups is 2. The number of phenols is 2. The quantitative estimate of drug-likeness (QED) is 0.239. The van der Waals surface area contributed by atoms with Gasteiger partial charge in [-0.25, -0.2) is 0 Å².